The highest BCUT2D eigenvalue weighted by molar-refractivity contribution is 6.08. The van der Waals surface area contributed by atoms with Crippen molar-refractivity contribution in [1.82, 2.24) is 9.88 Å². The molecule has 0 amide bonds. The van der Waals surface area contributed by atoms with E-state index >= 15 is 0 Å². The Bertz CT molecular complexity index is 553. The van der Waals surface area contributed by atoms with Gasteiger partial charge in [0.1, 0.15) is 0 Å². The van der Waals surface area contributed by atoms with Gasteiger partial charge in [-0.1, -0.05) is 30.3 Å². The van der Waals surface area contributed by atoms with Crippen LogP contribution in [0.5, 0.6) is 0 Å². The Balaban J connectivity index is 1.89. The van der Waals surface area contributed by atoms with E-state index in [1.54, 1.807) is 0 Å². The third-order valence-corrected chi connectivity index (χ3v) is 3.75. The standard InChI is InChI=1S/C16H18N2O/c19-16(13-5-2-1-3-6-13)15-7-4-12-18(15)14-8-10-17-11-9-14/h1-7,12,14,17H,8-11H2. The molecule has 1 N–H and O–H groups in total. The number of nitrogens with zero attached hydrogens (tertiary/aromatic N) is 1. The summed E-state index contributed by atoms with van der Waals surface area (Å²) in [4.78, 5) is 12.5. The summed E-state index contributed by atoms with van der Waals surface area (Å²) in [7, 11) is 0. The molecule has 0 saturated carbocycles. The second-order valence-corrected chi connectivity index (χ2v) is 4.98. The number of rotatable bonds is 3. The van der Waals surface area contributed by atoms with E-state index < -0.39 is 0 Å². The maximum absolute atomic E-state index is 12.5. The monoisotopic (exact) mass is 254 g/mol. The minimum atomic E-state index is 0.115. The molecule has 2 heterocycles. The molecule has 2 aromatic rings. The molecule has 1 aliphatic rings. The van der Waals surface area contributed by atoms with Gasteiger partial charge in [0, 0.05) is 17.8 Å². The summed E-state index contributed by atoms with van der Waals surface area (Å²) in [6, 6.07) is 13.8. The molecule has 1 aromatic carbocycles. The van der Waals surface area contributed by atoms with Crippen molar-refractivity contribution in [3.8, 4) is 0 Å². The fourth-order valence-electron chi connectivity index (χ4n) is 2.73. The molecule has 0 atom stereocenters. The van der Waals surface area contributed by atoms with E-state index in [1.807, 2.05) is 48.7 Å². The summed E-state index contributed by atoms with van der Waals surface area (Å²) in [5, 5.41) is 3.36. The maximum Gasteiger partial charge on any atom is 0.209 e. The Morgan fingerprint density at radius 1 is 1.05 bits per heavy atom. The first kappa shape index (κ1) is 12.2. The van der Waals surface area contributed by atoms with Crippen LogP contribution in [-0.2, 0) is 0 Å². The van der Waals surface area contributed by atoms with Gasteiger partial charge in [0.15, 0.2) is 0 Å². The van der Waals surface area contributed by atoms with Gasteiger partial charge in [-0.2, -0.15) is 0 Å². The van der Waals surface area contributed by atoms with Crippen molar-refractivity contribution in [2.75, 3.05) is 13.1 Å². The van der Waals surface area contributed by atoms with E-state index in [2.05, 4.69) is 9.88 Å². The smallest absolute Gasteiger partial charge is 0.209 e. The average molecular weight is 254 g/mol. The van der Waals surface area contributed by atoms with Crippen molar-refractivity contribution in [2.45, 2.75) is 18.9 Å². The molecule has 0 spiro atoms. The van der Waals surface area contributed by atoms with Crippen molar-refractivity contribution in [3.05, 3.63) is 59.9 Å². The molecule has 0 bridgehead atoms. The molecule has 3 rings (SSSR count). The number of aromatic nitrogens is 1. The van der Waals surface area contributed by atoms with Gasteiger partial charge in [-0.3, -0.25) is 4.79 Å². The van der Waals surface area contributed by atoms with Gasteiger partial charge >= 0.3 is 0 Å². The number of nitrogens with one attached hydrogen (secondary N) is 1. The summed E-state index contributed by atoms with van der Waals surface area (Å²) in [6.45, 7) is 2.06. The molecule has 3 nitrogen and oxygen atoms in total. The Kier molecular flexibility index (Phi) is 3.47. The minimum absolute atomic E-state index is 0.115. The molecule has 19 heavy (non-hydrogen) atoms. The second kappa shape index (κ2) is 5.41. The molecule has 1 aromatic heterocycles. The number of hydrogen-bond acceptors (Lipinski definition) is 2. The molecule has 0 radical (unpaired) electrons. The largest absolute Gasteiger partial charge is 0.342 e. The molecule has 0 unspecified atom stereocenters. The van der Waals surface area contributed by atoms with Crippen LogP contribution in [0.15, 0.2) is 48.7 Å². The minimum Gasteiger partial charge on any atom is -0.342 e. The molecular weight excluding hydrogens is 236 g/mol. The van der Waals surface area contributed by atoms with E-state index in [0.717, 1.165) is 37.2 Å². The summed E-state index contributed by atoms with van der Waals surface area (Å²) >= 11 is 0. The summed E-state index contributed by atoms with van der Waals surface area (Å²) in [6.07, 6.45) is 4.21. The number of benzene rings is 1. The van der Waals surface area contributed by atoms with Crippen molar-refractivity contribution in [2.24, 2.45) is 0 Å². The van der Waals surface area contributed by atoms with Crippen LogP contribution >= 0.6 is 0 Å². The third kappa shape index (κ3) is 2.47. The lowest BCUT2D eigenvalue weighted by Gasteiger charge is -2.25. The van der Waals surface area contributed by atoms with Gasteiger partial charge in [-0.15, -0.1) is 0 Å². The second-order valence-electron chi connectivity index (χ2n) is 4.98. The zero-order chi connectivity index (χ0) is 13.1. The van der Waals surface area contributed by atoms with Gasteiger partial charge in [-0.05, 0) is 38.1 Å². The molecule has 3 heteroatoms. The molecule has 1 aliphatic heterocycles. The first-order chi connectivity index (χ1) is 9.36. The lowest BCUT2D eigenvalue weighted by atomic mass is 10.0. The SMILES string of the molecule is O=C(c1ccccc1)c1cccn1C1CCNCC1. The van der Waals surface area contributed by atoms with Gasteiger partial charge in [0.25, 0.3) is 0 Å². The number of hydrogen-bond donors (Lipinski definition) is 1. The molecule has 1 fully saturated rings. The Morgan fingerprint density at radius 2 is 1.79 bits per heavy atom. The molecule has 0 aliphatic carbocycles. The van der Waals surface area contributed by atoms with Crippen LogP contribution in [0, 0.1) is 0 Å². The van der Waals surface area contributed by atoms with E-state index in [9.17, 15) is 4.79 Å². The number of carbonyl (C=O) groups is 1. The predicted octanol–water partition coefficient (Wildman–Crippen LogP) is 2.64. The number of ketones is 1. The zero-order valence-electron chi connectivity index (χ0n) is 10.9. The lowest BCUT2D eigenvalue weighted by Crippen LogP contribution is -2.30. The first-order valence-corrected chi connectivity index (χ1v) is 6.83. The summed E-state index contributed by atoms with van der Waals surface area (Å²) < 4.78 is 2.15. The van der Waals surface area contributed by atoms with E-state index in [1.165, 1.54) is 0 Å². The third-order valence-electron chi connectivity index (χ3n) is 3.75. The van der Waals surface area contributed by atoms with Crippen LogP contribution < -0.4 is 5.32 Å². The van der Waals surface area contributed by atoms with Crippen LogP contribution in [0.3, 0.4) is 0 Å². The van der Waals surface area contributed by atoms with Crippen molar-refractivity contribution >= 4 is 5.78 Å². The predicted molar refractivity (Wildman–Crippen MR) is 75.4 cm³/mol. The molecule has 98 valence electrons. The van der Waals surface area contributed by atoms with Crippen molar-refractivity contribution in [3.63, 3.8) is 0 Å². The van der Waals surface area contributed by atoms with Crippen LogP contribution in [0.2, 0.25) is 0 Å². The first-order valence-electron chi connectivity index (χ1n) is 6.83. The van der Waals surface area contributed by atoms with Gasteiger partial charge in [0.2, 0.25) is 5.78 Å². The summed E-state index contributed by atoms with van der Waals surface area (Å²) in [5.41, 5.74) is 1.56. The van der Waals surface area contributed by atoms with Gasteiger partial charge in [-0.25, -0.2) is 0 Å². The van der Waals surface area contributed by atoms with E-state index in [4.69, 9.17) is 0 Å². The summed E-state index contributed by atoms with van der Waals surface area (Å²) in [5.74, 6) is 0.115. The van der Waals surface area contributed by atoms with Crippen molar-refractivity contribution < 1.29 is 4.79 Å². The topological polar surface area (TPSA) is 34.0 Å². The van der Waals surface area contributed by atoms with Gasteiger partial charge < -0.3 is 9.88 Å². The van der Waals surface area contributed by atoms with Crippen molar-refractivity contribution in [1.29, 1.82) is 0 Å². The average Bonchev–Trinajstić information content (AvgIpc) is 2.98. The lowest BCUT2D eigenvalue weighted by molar-refractivity contribution is 0.102. The fraction of sp³-hybridized carbons (Fsp3) is 0.312. The van der Waals surface area contributed by atoms with Gasteiger partial charge in [0.05, 0.1) is 5.69 Å². The van der Waals surface area contributed by atoms with Crippen LogP contribution in [0.1, 0.15) is 34.9 Å². The Morgan fingerprint density at radius 3 is 2.53 bits per heavy atom. The Labute approximate surface area is 113 Å². The van der Waals surface area contributed by atoms with Crippen LogP contribution in [-0.4, -0.2) is 23.4 Å². The van der Waals surface area contributed by atoms with Crippen LogP contribution in [0.25, 0.3) is 0 Å². The maximum atomic E-state index is 12.5. The van der Waals surface area contributed by atoms with E-state index in [0.29, 0.717) is 6.04 Å². The number of carbonyl (C=O) groups excluding carboxylic acids is 1. The quantitative estimate of drug-likeness (QED) is 0.854. The number of piperidine rings is 1. The zero-order valence-corrected chi connectivity index (χ0v) is 10.9. The Hall–Kier alpha value is -1.87. The fourth-order valence-corrected chi connectivity index (χ4v) is 2.73. The van der Waals surface area contributed by atoms with E-state index in [-0.39, 0.29) is 5.78 Å². The molecular formula is C16H18N2O. The molecule has 1 saturated heterocycles. The highest BCUT2D eigenvalue weighted by Gasteiger charge is 2.20. The highest BCUT2D eigenvalue weighted by Crippen LogP contribution is 2.22. The van der Waals surface area contributed by atoms with Crippen LogP contribution in [0.4, 0.5) is 0 Å². The normalized spacial score (nSPS) is 16.4. The highest BCUT2D eigenvalue weighted by atomic mass is 16.1.